The number of amides is 1. The van der Waals surface area contributed by atoms with Crippen LogP contribution in [0.2, 0.25) is 5.02 Å². The molecule has 0 atom stereocenters. The Bertz CT molecular complexity index is 782. The minimum Gasteiger partial charge on any atom is -0.467 e. The minimum atomic E-state index is -0.618. The summed E-state index contributed by atoms with van der Waals surface area (Å²) in [6.45, 7) is 0.715. The van der Waals surface area contributed by atoms with Crippen LogP contribution in [0.15, 0.2) is 58.5 Å². The van der Waals surface area contributed by atoms with Crippen molar-refractivity contribution in [2.24, 2.45) is 0 Å². The molecule has 2 aromatic heterocycles. The van der Waals surface area contributed by atoms with Gasteiger partial charge in [0.25, 0.3) is 5.91 Å². The Labute approximate surface area is 148 Å². The lowest BCUT2D eigenvalue weighted by molar-refractivity contribution is 0.0729. The molecule has 0 aliphatic carbocycles. The summed E-state index contributed by atoms with van der Waals surface area (Å²) in [5, 5.41) is 2.10. The van der Waals surface area contributed by atoms with Crippen LogP contribution in [0.25, 0.3) is 0 Å². The Kier molecular flexibility index (Phi) is 5.33. The lowest BCUT2D eigenvalue weighted by Gasteiger charge is -2.22. The van der Waals surface area contributed by atoms with E-state index in [1.54, 1.807) is 34.6 Å². The molecule has 2 heterocycles. The standard InChI is InChI=1S/C18H15ClFNO2S/c19-15-6-1-7-16(20)17(15)18(22)21(12-13-4-2-10-23-13)9-8-14-5-3-11-24-14/h1-7,10-11H,8-9,12H2. The highest BCUT2D eigenvalue weighted by Crippen LogP contribution is 2.22. The summed E-state index contributed by atoms with van der Waals surface area (Å²) in [4.78, 5) is 15.6. The summed E-state index contributed by atoms with van der Waals surface area (Å²) in [6.07, 6.45) is 2.24. The first-order chi connectivity index (χ1) is 11.6. The number of halogens is 2. The van der Waals surface area contributed by atoms with E-state index >= 15 is 0 Å². The van der Waals surface area contributed by atoms with Crippen molar-refractivity contribution < 1.29 is 13.6 Å². The fraction of sp³-hybridized carbons (Fsp3) is 0.167. The second-order valence-corrected chi connectivity index (χ2v) is 6.67. The number of hydrogen-bond donors (Lipinski definition) is 0. The summed E-state index contributed by atoms with van der Waals surface area (Å²) < 4.78 is 19.4. The molecule has 0 aliphatic rings. The molecule has 24 heavy (non-hydrogen) atoms. The molecule has 0 saturated heterocycles. The van der Waals surface area contributed by atoms with Gasteiger partial charge in [-0.25, -0.2) is 4.39 Å². The van der Waals surface area contributed by atoms with Gasteiger partial charge in [-0.1, -0.05) is 23.7 Å². The highest BCUT2D eigenvalue weighted by atomic mass is 35.5. The number of thiophene rings is 1. The maximum atomic E-state index is 14.1. The van der Waals surface area contributed by atoms with Gasteiger partial charge in [-0.05, 0) is 42.1 Å². The van der Waals surface area contributed by atoms with Crippen molar-refractivity contribution in [2.45, 2.75) is 13.0 Å². The first-order valence-electron chi connectivity index (χ1n) is 7.43. The highest BCUT2D eigenvalue weighted by Gasteiger charge is 2.23. The van der Waals surface area contributed by atoms with Crippen molar-refractivity contribution in [3.8, 4) is 0 Å². The summed E-state index contributed by atoms with van der Waals surface area (Å²) in [5.41, 5.74) is -0.100. The molecule has 0 radical (unpaired) electrons. The first kappa shape index (κ1) is 16.7. The predicted octanol–water partition coefficient (Wildman–Crippen LogP) is 5.02. The van der Waals surface area contributed by atoms with Crippen LogP contribution in [-0.4, -0.2) is 17.4 Å². The van der Waals surface area contributed by atoms with E-state index in [2.05, 4.69) is 0 Å². The number of carbonyl (C=O) groups excluding carboxylic acids is 1. The van der Waals surface area contributed by atoms with Gasteiger partial charge in [-0.2, -0.15) is 0 Å². The molecular weight excluding hydrogens is 349 g/mol. The summed E-state index contributed by atoms with van der Waals surface area (Å²) in [5.74, 6) is -0.416. The van der Waals surface area contributed by atoms with Gasteiger partial charge in [0, 0.05) is 11.4 Å². The van der Waals surface area contributed by atoms with Crippen LogP contribution in [0.4, 0.5) is 4.39 Å². The Balaban J connectivity index is 1.83. The topological polar surface area (TPSA) is 33.5 Å². The second-order valence-electron chi connectivity index (χ2n) is 5.23. The van der Waals surface area contributed by atoms with Crippen LogP contribution < -0.4 is 0 Å². The van der Waals surface area contributed by atoms with Gasteiger partial charge in [0.05, 0.1) is 23.4 Å². The fourth-order valence-corrected chi connectivity index (χ4v) is 3.35. The van der Waals surface area contributed by atoms with Crippen LogP contribution in [-0.2, 0) is 13.0 Å². The third-order valence-electron chi connectivity index (χ3n) is 3.60. The maximum absolute atomic E-state index is 14.1. The van der Waals surface area contributed by atoms with Crippen molar-refractivity contribution in [1.29, 1.82) is 0 Å². The molecule has 0 unspecified atom stereocenters. The molecule has 3 nitrogen and oxygen atoms in total. The number of rotatable bonds is 6. The van der Waals surface area contributed by atoms with Crippen molar-refractivity contribution >= 4 is 28.8 Å². The quantitative estimate of drug-likeness (QED) is 0.616. The molecule has 0 saturated carbocycles. The molecule has 0 aliphatic heterocycles. The van der Waals surface area contributed by atoms with Crippen LogP contribution in [0.3, 0.4) is 0 Å². The van der Waals surface area contributed by atoms with Crippen LogP contribution in [0, 0.1) is 5.82 Å². The lowest BCUT2D eigenvalue weighted by atomic mass is 10.1. The highest BCUT2D eigenvalue weighted by molar-refractivity contribution is 7.09. The van der Waals surface area contributed by atoms with E-state index in [9.17, 15) is 9.18 Å². The molecule has 0 spiro atoms. The SMILES string of the molecule is O=C(c1c(F)cccc1Cl)N(CCc1cccs1)Cc1ccco1. The van der Waals surface area contributed by atoms with Crippen molar-refractivity contribution in [3.05, 3.63) is 81.1 Å². The number of carbonyl (C=O) groups is 1. The second kappa shape index (κ2) is 7.64. The zero-order valence-corrected chi connectivity index (χ0v) is 14.3. The average molecular weight is 364 g/mol. The molecule has 124 valence electrons. The van der Waals surface area contributed by atoms with Crippen molar-refractivity contribution in [3.63, 3.8) is 0 Å². The monoisotopic (exact) mass is 363 g/mol. The Morgan fingerprint density at radius 3 is 2.75 bits per heavy atom. The third kappa shape index (κ3) is 3.86. The van der Waals surface area contributed by atoms with E-state index in [0.29, 0.717) is 18.7 Å². The normalized spacial score (nSPS) is 10.8. The van der Waals surface area contributed by atoms with Crippen LogP contribution in [0.5, 0.6) is 0 Å². The van der Waals surface area contributed by atoms with Gasteiger partial charge in [-0.3, -0.25) is 4.79 Å². The molecule has 1 amide bonds. The molecular formula is C18H15ClFNO2S. The zero-order valence-electron chi connectivity index (χ0n) is 12.7. The van der Waals surface area contributed by atoms with Crippen LogP contribution in [0.1, 0.15) is 21.0 Å². The number of nitrogens with zero attached hydrogens (tertiary/aromatic N) is 1. The fourth-order valence-electron chi connectivity index (χ4n) is 2.40. The molecule has 0 N–H and O–H groups in total. The van der Waals surface area contributed by atoms with E-state index < -0.39 is 11.7 Å². The minimum absolute atomic E-state index is 0.100. The molecule has 1 aromatic carbocycles. The summed E-state index contributed by atoms with van der Waals surface area (Å²) in [6, 6.07) is 11.8. The van der Waals surface area contributed by atoms with E-state index in [4.69, 9.17) is 16.0 Å². The molecule has 0 bridgehead atoms. The van der Waals surface area contributed by atoms with Crippen molar-refractivity contribution in [1.82, 2.24) is 4.90 Å². The van der Waals surface area contributed by atoms with E-state index in [1.807, 2.05) is 17.5 Å². The van der Waals surface area contributed by atoms with Gasteiger partial charge < -0.3 is 9.32 Å². The number of hydrogen-bond acceptors (Lipinski definition) is 3. The van der Waals surface area contributed by atoms with Gasteiger partial charge in [0.15, 0.2) is 0 Å². The van der Waals surface area contributed by atoms with Crippen molar-refractivity contribution in [2.75, 3.05) is 6.54 Å². The van der Waals surface area contributed by atoms with Gasteiger partial charge in [0.1, 0.15) is 11.6 Å². The lowest BCUT2D eigenvalue weighted by Crippen LogP contribution is -2.33. The largest absolute Gasteiger partial charge is 0.467 e. The molecule has 0 fully saturated rings. The Morgan fingerprint density at radius 1 is 1.21 bits per heavy atom. The smallest absolute Gasteiger partial charge is 0.258 e. The Hall–Kier alpha value is -2.11. The number of furan rings is 1. The maximum Gasteiger partial charge on any atom is 0.258 e. The van der Waals surface area contributed by atoms with E-state index in [1.165, 1.54) is 18.2 Å². The van der Waals surface area contributed by atoms with E-state index in [0.717, 1.165) is 4.88 Å². The third-order valence-corrected chi connectivity index (χ3v) is 4.85. The van der Waals surface area contributed by atoms with Gasteiger partial charge >= 0.3 is 0 Å². The van der Waals surface area contributed by atoms with Gasteiger partial charge in [0.2, 0.25) is 0 Å². The molecule has 6 heteroatoms. The average Bonchev–Trinajstić information content (AvgIpc) is 3.24. The number of benzene rings is 1. The van der Waals surface area contributed by atoms with E-state index in [-0.39, 0.29) is 17.1 Å². The molecule has 3 aromatic rings. The first-order valence-corrected chi connectivity index (χ1v) is 8.69. The predicted molar refractivity (Wildman–Crippen MR) is 92.9 cm³/mol. The van der Waals surface area contributed by atoms with Crippen LogP contribution >= 0.6 is 22.9 Å². The summed E-state index contributed by atoms with van der Waals surface area (Å²) in [7, 11) is 0. The Morgan fingerprint density at radius 2 is 2.08 bits per heavy atom. The van der Waals surface area contributed by atoms with Gasteiger partial charge in [-0.15, -0.1) is 11.3 Å². The summed E-state index contributed by atoms with van der Waals surface area (Å²) >= 11 is 7.67. The molecule has 3 rings (SSSR count). The zero-order chi connectivity index (χ0) is 16.9.